The molecule has 25 heavy (non-hydrogen) atoms. The number of imidazole rings is 1. The third kappa shape index (κ3) is 3.58. The van der Waals surface area contributed by atoms with Crippen LogP contribution >= 0.6 is 0 Å². The highest BCUT2D eigenvalue weighted by Gasteiger charge is 2.26. The molecule has 1 N–H and O–H groups in total. The summed E-state index contributed by atoms with van der Waals surface area (Å²) in [6.45, 7) is 6.99. The Kier molecular flexibility index (Phi) is 4.28. The summed E-state index contributed by atoms with van der Waals surface area (Å²) in [6.07, 6.45) is 6.71. The first-order chi connectivity index (χ1) is 12.2. The van der Waals surface area contributed by atoms with E-state index in [2.05, 4.69) is 37.0 Å². The monoisotopic (exact) mass is 334 g/mol. The SMILES string of the molecule is Cc1nc(-c2ncc(C)[nH]2)cc([C@H]2CCN(Cc3cccnc3)C2)n1. The average Bonchev–Trinajstić information content (AvgIpc) is 3.24. The summed E-state index contributed by atoms with van der Waals surface area (Å²) >= 11 is 0. The molecule has 0 unspecified atom stereocenters. The largest absolute Gasteiger partial charge is 0.341 e. The number of aryl methyl sites for hydroxylation is 2. The molecule has 1 fully saturated rings. The summed E-state index contributed by atoms with van der Waals surface area (Å²) in [5, 5.41) is 0. The Morgan fingerprint density at radius 1 is 1.24 bits per heavy atom. The van der Waals surface area contributed by atoms with Crippen molar-refractivity contribution in [1.82, 2.24) is 29.8 Å². The molecule has 0 radical (unpaired) electrons. The number of likely N-dealkylation sites (tertiary alicyclic amines) is 1. The molecule has 6 heteroatoms. The van der Waals surface area contributed by atoms with Crippen LogP contribution in [-0.2, 0) is 6.54 Å². The van der Waals surface area contributed by atoms with E-state index in [9.17, 15) is 0 Å². The number of rotatable bonds is 4. The zero-order chi connectivity index (χ0) is 17.2. The van der Waals surface area contributed by atoms with Gasteiger partial charge in [-0.3, -0.25) is 9.88 Å². The van der Waals surface area contributed by atoms with Crippen LogP contribution in [0.2, 0.25) is 0 Å². The molecule has 1 saturated heterocycles. The maximum absolute atomic E-state index is 4.70. The average molecular weight is 334 g/mol. The third-order valence-electron chi connectivity index (χ3n) is 4.62. The van der Waals surface area contributed by atoms with Crippen molar-refractivity contribution in [2.24, 2.45) is 0 Å². The maximum atomic E-state index is 4.70. The first-order valence-corrected chi connectivity index (χ1v) is 8.66. The van der Waals surface area contributed by atoms with Gasteiger partial charge in [0.2, 0.25) is 0 Å². The van der Waals surface area contributed by atoms with E-state index >= 15 is 0 Å². The number of pyridine rings is 1. The minimum atomic E-state index is 0.438. The van der Waals surface area contributed by atoms with Gasteiger partial charge in [-0.2, -0.15) is 0 Å². The molecule has 3 aromatic rings. The predicted molar refractivity (Wildman–Crippen MR) is 96.0 cm³/mol. The van der Waals surface area contributed by atoms with Crippen LogP contribution in [0.4, 0.5) is 0 Å². The van der Waals surface area contributed by atoms with Crippen LogP contribution in [0.25, 0.3) is 11.5 Å². The molecule has 128 valence electrons. The Labute approximate surface area is 147 Å². The van der Waals surface area contributed by atoms with Crippen LogP contribution in [0.1, 0.15) is 35.1 Å². The number of hydrogen-bond acceptors (Lipinski definition) is 5. The second-order valence-electron chi connectivity index (χ2n) is 6.72. The summed E-state index contributed by atoms with van der Waals surface area (Å²) in [5.41, 5.74) is 4.29. The molecular weight excluding hydrogens is 312 g/mol. The standard InChI is InChI=1S/C19H22N6/c1-13-9-21-19(22-13)18-8-17(23-14(2)24-18)16-5-7-25(12-16)11-15-4-3-6-20-10-15/h3-4,6,8-10,16H,5,7,11-12H2,1-2H3,(H,21,22)/t16-/m0/s1. The number of H-pyrrole nitrogens is 1. The molecule has 0 aliphatic carbocycles. The van der Waals surface area contributed by atoms with E-state index in [1.54, 1.807) is 0 Å². The Morgan fingerprint density at radius 3 is 2.92 bits per heavy atom. The number of hydrogen-bond donors (Lipinski definition) is 1. The van der Waals surface area contributed by atoms with Crippen molar-refractivity contribution >= 4 is 0 Å². The smallest absolute Gasteiger partial charge is 0.156 e. The van der Waals surface area contributed by atoms with Gasteiger partial charge in [0, 0.05) is 49.0 Å². The lowest BCUT2D eigenvalue weighted by Gasteiger charge is -2.16. The molecular formula is C19H22N6. The van der Waals surface area contributed by atoms with E-state index in [0.29, 0.717) is 5.92 Å². The second-order valence-corrected chi connectivity index (χ2v) is 6.72. The van der Waals surface area contributed by atoms with E-state index in [-0.39, 0.29) is 0 Å². The zero-order valence-corrected chi connectivity index (χ0v) is 14.6. The molecule has 1 atom stereocenters. The van der Waals surface area contributed by atoms with E-state index in [0.717, 1.165) is 54.8 Å². The van der Waals surface area contributed by atoms with Crippen LogP contribution in [0.5, 0.6) is 0 Å². The molecule has 1 aliphatic rings. The maximum Gasteiger partial charge on any atom is 0.156 e. The molecule has 0 aromatic carbocycles. The van der Waals surface area contributed by atoms with Crippen LogP contribution in [0.3, 0.4) is 0 Å². The highest BCUT2D eigenvalue weighted by Crippen LogP contribution is 2.28. The number of nitrogens with one attached hydrogen (secondary N) is 1. The van der Waals surface area contributed by atoms with Crippen molar-refractivity contribution in [3.05, 3.63) is 59.6 Å². The molecule has 0 saturated carbocycles. The van der Waals surface area contributed by atoms with Crippen molar-refractivity contribution in [2.75, 3.05) is 13.1 Å². The highest BCUT2D eigenvalue weighted by molar-refractivity contribution is 5.50. The second kappa shape index (κ2) is 6.72. The van der Waals surface area contributed by atoms with Crippen molar-refractivity contribution in [3.8, 4) is 11.5 Å². The van der Waals surface area contributed by atoms with Crippen LogP contribution in [-0.4, -0.2) is 42.9 Å². The quantitative estimate of drug-likeness (QED) is 0.794. The minimum absolute atomic E-state index is 0.438. The first-order valence-electron chi connectivity index (χ1n) is 8.66. The highest BCUT2D eigenvalue weighted by atomic mass is 15.1. The number of nitrogens with zero attached hydrogens (tertiary/aromatic N) is 5. The first kappa shape index (κ1) is 15.9. The molecule has 6 nitrogen and oxygen atoms in total. The van der Waals surface area contributed by atoms with Gasteiger partial charge in [0.05, 0.1) is 0 Å². The van der Waals surface area contributed by atoms with Crippen LogP contribution in [0, 0.1) is 13.8 Å². The van der Waals surface area contributed by atoms with E-state index in [1.165, 1.54) is 5.56 Å². The topological polar surface area (TPSA) is 70.6 Å². The summed E-state index contributed by atoms with van der Waals surface area (Å²) in [6, 6.07) is 6.21. The van der Waals surface area contributed by atoms with Gasteiger partial charge >= 0.3 is 0 Å². The summed E-state index contributed by atoms with van der Waals surface area (Å²) in [5.74, 6) is 2.05. The summed E-state index contributed by atoms with van der Waals surface area (Å²) < 4.78 is 0. The fraction of sp³-hybridized carbons (Fsp3) is 0.368. The zero-order valence-electron chi connectivity index (χ0n) is 14.6. The number of aromatic amines is 1. The van der Waals surface area contributed by atoms with Gasteiger partial charge in [-0.25, -0.2) is 15.0 Å². The lowest BCUT2D eigenvalue weighted by atomic mass is 10.0. The predicted octanol–water partition coefficient (Wildman–Crippen LogP) is 2.87. The van der Waals surface area contributed by atoms with Gasteiger partial charge in [0.1, 0.15) is 11.5 Å². The molecule has 1 aliphatic heterocycles. The number of aromatic nitrogens is 5. The Hall–Kier alpha value is -2.60. The van der Waals surface area contributed by atoms with Gasteiger partial charge in [0.25, 0.3) is 0 Å². The normalized spacial score (nSPS) is 17.9. The minimum Gasteiger partial charge on any atom is -0.341 e. The van der Waals surface area contributed by atoms with Gasteiger partial charge in [-0.05, 0) is 44.5 Å². The molecule has 0 spiro atoms. The summed E-state index contributed by atoms with van der Waals surface area (Å²) in [4.78, 5) is 23.6. The lowest BCUT2D eigenvalue weighted by molar-refractivity contribution is 0.326. The Balaban J connectivity index is 1.51. The molecule has 3 aromatic heterocycles. The van der Waals surface area contributed by atoms with Crippen molar-refractivity contribution < 1.29 is 0 Å². The fourth-order valence-corrected chi connectivity index (χ4v) is 3.43. The molecule has 4 rings (SSSR count). The van der Waals surface area contributed by atoms with Crippen LogP contribution in [0.15, 0.2) is 36.8 Å². The van der Waals surface area contributed by atoms with Gasteiger partial charge in [0.15, 0.2) is 5.82 Å². The third-order valence-corrected chi connectivity index (χ3v) is 4.62. The van der Waals surface area contributed by atoms with E-state index in [1.807, 2.05) is 38.5 Å². The summed E-state index contributed by atoms with van der Waals surface area (Å²) in [7, 11) is 0. The van der Waals surface area contributed by atoms with Crippen molar-refractivity contribution in [3.63, 3.8) is 0 Å². The van der Waals surface area contributed by atoms with Crippen molar-refractivity contribution in [1.29, 1.82) is 0 Å². The molecule has 4 heterocycles. The Morgan fingerprint density at radius 2 is 2.16 bits per heavy atom. The lowest BCUT2D eigenvalue weighted by Crippen LogP contribution is -2.20. The van der Waals surface area contributed by atoms with Crippen LogP contribution < -0.4 is 0 Å². The molecule has 0 bridgehead atoms. The van der Waals surface area contributed by atoms with E-state index in [4.69, 9.17) is 4.98 Å². The van der Waals surface area contributed by atoms with Crippen molar-refractivity contribution in [2.45, 2.75) is 32.7 Å². The fourth-order valence-electron chi connectivity index (χ4n) is 3.43. The van der Waals surface area contributed by atoms with Gasteiger partial charge in [-0.15, -0.1) is 0 Å². The van der Waals surface area contributed by atoms with Gasteiger partial charge < -0.3 is 4.98 Å². The van der Waals surface area contributed by atoms with E-state index < -0.39 is 0 Å². The van der Waals surface area contributed by atoms with Gasteiger partial charge in [-0.1, -0.05) is 6.07 Å². The molecule has 0 amide bonds. The Bertz CT molecular complexity index is 857.